The van der Waals surface area contributed by atoms with Crippen LogP contribution in [0.5, 0.6) is 17.2 Å². The number of carbonyl (C=O) groups excluding carboxylic acids is 2. The van der Waals surface area contributed by atoms with E-state index in [1.54, 1.807) is 31.4 Å². The quantitative estimate of drug-likeness (QED) is 0.855. The predicted molar refractivity (Wildman–Crippen MR) is 87.9 cm³/mol. The molecule has 3 rings (SSSR count). The molecule has 0 unspecified atom stereocenters. The lowest BCUT2D eigenvalue weighted by molar-refractivity contribution is -0.115. The van der Waals surface area contributed by atoms with Gasteiger partial charge < -0.3 is 19.5 Å². The first-order chi connectivity index (χ1) is 11.6. The molecule has 0 fully saturated rings. The molecule has 24 heavy (non-hydrogen) atoms. The van der Waals surface area contributed by atoms with E-state index in [0.29, 0.717) is 22.7 Å². The minimum absolute atomic E-state index is 0.107. The van der Waals surface area contributed by atoms with Gasteiger partial charge in [0.1, 0.15) is 5.75 Å². The summed E-state index contributed by atoms with van der Waals surface area (Å²) in [5.74, 6) is 1.37. The number of amides is 1. The molecule has 0 atom stereocenters. The summed E-state index contributed by atoms with van der Waals surface area (Å²) in [4.78, 5) is 24.1. The molecule has 1 heterocycles. The molecule has 1 aliphatic rings. The number of nitrogens with one attached hydrogen (secondary N) is 1. The van der Waals surface area contributed by atoms with Gasteiger partial charge in [0.05, 0.1) is 19.2 Å². The zero-order valence-corrected chi connectivity index (χ0v) is 13.4. The molecule has 2 aromatic carbocycles. The smallest absolute Gasteiger partial charge is 0.231 e. The van der Waals surface area contributed by atoms with Gasteiger partial charge in [-0.15, -0.1) is 0 Å². The van der Waals surface area contributed by atoms with Crippen LogP contribution in [0.15, 0.2) is 36.4 Å². The van der Waals surface area contributed by atoms with E-state index < -0.39 is 0 Å². The lowest BCUT2D eigenvalue weighted by Crippen LogP contribution is -2.16. The summed E-state index contributed by atoms with van der Waals surface area (Å²) in [5, 5.41) is 2.77. The van der Waals surface area contributed by atoms with E-state index in [-0.39, 0.29) is 24.9 Å². The highest BCUT2D eigenvalue weighted by Gasteiger charge is 2.20. The predicted octanol–water partition coefficient (Wildman–Crippen LogP) is 2.81. The van der Waals surface area contributed by atoms with E-state index in [2.05, 4.69) is 5.32 Å². The first kappa shape index (κ1) is 15.9. The van der Waals surface area contributed by atoms with E-state index in [4.69, 9.17) is 14.2 Å². The number of fused-ring (bicyclic) bond motifs is 1. The van der Waals surface area contributed by atoms with E-state index in [1.165, 1.54) is 6.92 Å². The van der Waals surface area contributed by atoms with E-state index in [9.17, 15) is 9.59 Å². The molecule has 6 heteroatoms. The number of anilines is 1. The van der Waals surface area contributed by atoms with Gasteiger partial charge in [-0.05, 0) is 30.7 Å². The van der Waals surface area contributed by atoms with Crippen LogP contribution in [0.25, 0.3) is 0 Å². The van der Waals surface area contributed by atoms with Gasteiger partial charge in [0.25, 0.3) is 0 Å². The Morgan fingerprint density at radius 1 is 1.12 bits per heavy atom. The summed E-state index contributed by atoms with van der Waals surface area (Å²) in [6.45, 7) is 1.55. The van der Waals surface area contributed by atoms with Gasteiger partial charge in [0, 0.05) is 11.6 Å². The van der Waals surface area contributed by atoms with Crippen LogP contribution in [0.2, 0.25) is 0 Å². The van der Waals surface area contributed by atoms with Crippen molar-refractivity contribution in [3.05, 3.63) is 47.5 Å². The maximum absolute atomic E-state index is 12.3. The van der Waals surface area contributed by atoms with Crippen LogP contribution in [0.1, 0.15) is 22.8 Å². The Morgan fingerprint density at radius 3 is 2.42 bits per heavy atom. The van der Waals surface area contributed by atoms with Gasteiger partial charge in [0.15, 0.2) is 17.3 Å². The molecule has 0 saturated heterocycles. The number of Topliss-reactive ketones (excluding diaryl/α,β-unsaturated/α-hetero) is 1. The number of carbonyl (C=O) groups is 2. The van der Waals surface area contributed by atoms with Crippen LogP contribution >= 0.6 is 0 Å². The second-order valence-electron chi connectivity index (χ2n) is 5.38. The zero-order valence-electron chi connectivity index (χ0n) is 13.4. The minimum atomic E-state index is -0.221. The number of hydrogen-bond acceptors (Lipinski definition) is 5. The molecule has 2 aromatic rings. The van der Waals surface area contributed by atoms with Crippen molar-refractivity contribution >= 4 is 17.4 Å². The molecule has 0 bridgehead atoms. The maximum Gasteiger partial charge on any atom is 0.231 e. The van der Waals surface area contributed by atoms with Gasteiger partial charge in [-0.1, -0.05) is 12.1 Å². The van der Waals surface area contributed by atoms with Gasteiger partial charge in [-0.25, -0.2) is 0 Å². The Morgan fingerprint density at radius 2 is 1.79 bits per heavy atom. The van der Waals surface area contributed by atoms with Gasteiger partial charge in [-0.3, -0.25) is 9.59 Å². The lowest BCUT2D eigenvalue weighted by Gasteiger charge is -2.11. The minimum Gasteiger partial charge on any atom is -0.497 e. The first-order valence-electron chi connectivity index (χ1n) is 7.44. The molecular weight excluding hydrogens is 310 g/mol. The summed E-state index contributed by atoms with van der Waals surface area (Å²) in [7, 11) is 1.59. The van der Waals surface area contributed by atoms with Crippen molar-refractivity contribution in [3.8, 4) is 17.2 Å². The number of ether oxygens (including phenoxy) is 3. The number of rotatable bonds is 5. The molecule has 1 amide bonds. The zero-order chi connectivity index (χ0) is 17.1. The molecule has 0 radical (unpaired) electrons. The molecule has 124 valence electrons. The van der Waals surface area contributed by atoms with Crippen molar-refractivity contribution < 1.29 is 23.8 Å². The van der Waals surface area contributed by atoms with Crippen LogP contribution in [0, 0.1) is 0 Å². The molecule has 1 N–H and O–H groups in total. The highest BCUT2D eigenvalue weighted by atomic mass is 16.7. The third kappa shape index (κ3) is 3.32. The Hall–Kier alpha value is -3.02. The number of ketones is 1. The monoisotopic (exact) mass is 327 g/mol. The fourth-order valence-electron chi connectivity index (χ4n) is 2.46. The van der Waals surface area contributed by atoms with Crippen LogP contribution in [-0.2, 0) is 11.2 Å². The number of methoxy groups -OCH3 is 1. The second kappa shape index (κ2) is 6.62. The number of hydrogen-bond donors (Lipinski definition) is 1. The Balaban J connectivity index is 1.77. The summed E-state index contributed by atoms with van der Waals surface area (Å²) >= 11 is 0. The summed E-state index contributed by atoms with van der Waals surface area (Å²) in [6, 6.07) is 10.4. The summed E-state index contributed by atoms with van der Waals surface area (Å²) in [6.07, 6.45) is 0.190. The average molecular weight is 327 g/mol. The van der Waals surface area contributed by atoms with Crippen molar-refractivity contribution in [1.82, 2.24) is 0 Å². The Bertz CT molecular complexity index is 783. The van der Waals surface area contributed by atoms with Gasteiger partial charge >= 0.3 is 0 Å². The van der Waals surface area contributed by atoms with E-state index in [1.807, 2.05) is 12.1 Å². The van der Waals surface area contributed by atoms with Crippen molar-refractivity contribution in [2.45, 2.75) is 13.3 Å². The van der Waals surface area contributed by atoms with Gasteiger partial charge in [0.2, 0.25) is 12.7 Å². The topological polar surface area (TPSA) is 73.9 Å². The van der Waals surface area contributed by atoms with Crippen molar-refractivity contribution in [2.75, 3.05) is 19.2 Å². The van der Waals surface area contributed by atoms with E-state index in [0.717, 1.165) is 11.3 Å². The standard InChI is InChI=1S/C18H17NO5/c1-11(20)14-8-16-17(24-10-23-16)9-15(14)19-18(21)7-12-3-5-13(22-2)6-4-12/h3-6,8-9H,7,10H2,1-2H3,(H,19,21). The van der Waals surface area contributed by atoms with Gasteiger partial charge in [-0.2, -0.15) is 0 Å². The molecule has 0 spiro atoms. The maximum atomic E-state index is 12.3. The second-order valence-corrected chi connectivity index (χ2v) is 5.38. The highest BCUT2D eigenvalue weighted by molar-refractivity contribution is 6.04. The Labute approximate surface area is 139 Å². The largest absolute Gasteiger partial charge is 0.497 e. The molecule has 6 nitrogen and oxygen atoms in total. The summed E-state index contributed by atoms with van der Waals surface area (Å²) < 4.78 is 15.7. The van der Waals surface area contributed by atoms with Crippen LogP contribution in [-0.4, -0.2) is 25.6 Å². The van der Waals surface area contributed by atoms with Crippen LogP contribution < -0.4 is 19.5 Å². The normalized spacial score (nSPS) is 11.9. The van der Waals surface area contributed by atoms with Crippen LogP contribution in [0.4, 0.5) is 5.69 Å². The third-order valence-corrected chi connectivity index (χ3v) is 3.69. The lowest BCUT2D eigenvalue weighted by atomic mass is 10.1. The van der Waals surface area contributed by atoms with E-state index >= 15 is 0 Å². The molecule has 1 aliphatic heterocycles. The fraction of sp³-hybridized carbons (Fsp3) is 0.222. The van der Waals surface area contributed by atoms with Crippen LogP contribution in [0.3, 0.4) is 0 Å². The molecule has 0 aliphatic carbocycles. The van der Waals surface area contributed by atoms with Crippen molar-refractivity contribution in [3.63, 3.8) is 0 Å². The SMILES string of the molecule is COc1ccc(CC(=O)Nc2cc3c(cc2C(C)=O)OCO3)cc1. The summed E-state index contributed by atoms with van der Waals surface area (Å²) in [5.41, 5.74) is 1.66. The highest BCUT2D eigenvalue weighted by Crippen LogP contribution is 2.37. The fourth-order valence-corrected chi connectivity index (χ4v) is 2.46. The average Bonchev–Trinajstić information content (AvgIpc) is 3.02. The van der Waals surface area contributed by atoms with Crippen molar-refractivity contribution in [1.29, 1.82) is 0 Å². The molecule has 0 aromatic heterocycles. The third-order valence-electron chi connectivity index (χ3n) is 3.69. The molecule has 0 saturated carbocycles. The molecular formula is C18H17NO5. The first-order valence-corrected chi connectivity index (χ1v) is 7.44. The Kier molecular flexibility index (Phi) is 4.37. The van der Waals surface area contributed by atoms with Crippen molar-refractivity contribution in [2.24, 2.45) is 0 Å². The number of benzene rings is 2.